The number of benzene rings is 1. The van der Waals surface area contributed by atoms with E-state index >= 15 is 0 Å². The zero-order valence-electron chi connectivity index (χ0n) is 28.9. The largest absolute Gasteiger partial charge is 0.491 e. The van der Waals surface area contributed by atoms with Gasteiger partial charge in [0.25, 0.3) is 0 Å². The molecule has 11 heteroatoms. The van der Waals surface area contributed by atoms with Crippen molar-refractivity contribution in [2.75, 3.05) is 106 Å². The molecule has 1 aromatic carbocycles. The van der Waals surface area contributed by atoms with Gasteiger partial charge >= 0.3 is 0 Å². The first-order chi connectivity index (χ1) is 22.5. The van der Waals surface area contributed by atoms with Crippen molar-refractivity contribution in [1.82, 2.24) is 0 Å². The van der Waals surface area contributed by atoms with Crippen molar-refractivity contribution in [3.63, 3.8) is 0 Å². The predicted molar refractivity (Wildman–Crippen MR) is 178 cm³/mol. The Bertz CT molecular complexity index is 751. The van der Waals surface area contributed by atoms with Gasteiger partial charge in [-0.2, -0.15) is 0 Å². The lowest BCUT2D eigenvalue weighted by atomic mass is 10.1. The maximum Gasteiger partial charge on any atom is 0.119 e. The second-order valence-corrected chi connectivity index (χ2v) is 11.2. The third kappa shape index (κ3) is 26.7. The lowest BCUT2D eigenvalue weighted by Gasteiger charge is -2.21. The van der Waals surface area contributed by atoms with Crippen molar-refractivity contribution in [2.45, 2.75) is 84.0 Å². The van der Waals surface area contributed by atoms with Crippen LogP contribution in [0.25, 0.3) is 0 Å². The summed E-state index contributed by atoms with van der Waals surface area (Å²) in [4.78, 5) is 0. The number of rotatable bonds is 35. The average Bonchev–Trinajstić information content (AvgIpc) is 3.06. The molecule has 1 aromatic rings. The lowest BCUT2D eigenvalue weighted by Crippen LogP contribution is -2.23. The van der Waals surface area contributed by atoms with E-state index in [1.165, 1.54) is 38.5 Å². The van der Waals surface area contributed by atoms with Gasteiger partial charge in [-0.1, -0.05) is 57.6 Å². The molecule has 0 saturated carbocycles. The van der Waals surface area contributed by atoms with Crippen molar-refractivity contribution in [3.8, 4) is 5.75 Å². The summed E-state index contributed by atoms with van der Waals surface area (Å²) in [5, 5.41) is 19.7. The van der Waals surface area contributed by atoms with Gasteiger partial charge in [-0.15, -0.1) is 0 Å². The lowest BCUT2D eigenvalue weighted by molar-refractivity contribution is -0.0551. The molecule has 3 unspecified atom stereocenters. The Hall–Kier alpha value is -1.38. The zero-order valence-corrected chi connectivity index (χ0v) is 28.9. The van der Waals surface area contributed by atoms with Gasteiger partial charge in [0.2, 0.25) is 0 Å². The van der Waals surface area contributed by atoms with Gasteiger partial charge in [0, 0.05) is 6.61 Å². The number of ether oxygens (including phenoxy) is 9. The normalized spacial score (nSPS) is 13.6. The maximum absolute atomic E-state index is 10.4. The molecular weight excluding hydrogens is 596 g/mol. The summed E-state index contributed by atoms with van der Waals surface area (Å²) < 4.78 is 49.8. The highest BCUT2D eigenvalue weighted by molar-refractivity contribution is 5.29. The van der Waals surface area contributed by atoms with Crippen LogP contribution in [0, 0.1) is 0 Å². The second kappa shape index (κ2) is 32.2. The van der Waals surface area contributed by atoms with Crippen molar-refractivity contribution in [2.24, 2.45) is 0 Å². The monoisotopic (exact) mass is 660 g/mol. The van der Waals surface area contributed by atoms with Gasteiger partial charge in [0.05, 0.1) is 105 Å². The highest BCUT2D eigenvalue weighted by Crippen LogP contribution is 2.22. The fraction of sp³-hybridized carbons (Fsp3) is 0.829. The van der Waals surface area contributed by atoms with Gasteiger partial charge in [-0.05, 0) is 38.0 Å². The third-order valence-electron chi connectivity index (χ3n) is 6.89. The highest BCUT2D eigenvalue weighted by atomic mass is 16.6. The smallest absolute Gasteiger partial charge is 0.119 e. The second-order valence-electron chi connectivity index (χ2n) is 11.2. The molecule has 11 nitrogen and oxygen atoms in total. The number of unbranched alkanes of at least 4 members (excludes halogenated alkanes) is 6. The third-order valence-corrected chi connectivity index (χ3v) is 6.89. The van der Waals surface area contributed by atoms with Gasteiger partial charge < -0.3 is 52.8 Å². The minimum atomic E-state index is -0.781. The van der Waals surface area contributed by atoms with Crippen LogP contribution in [0.1, 0.15) is 77.4 Å². The van der Waals surface area contributed by atoms with Crippen LogP contribution in [-0.4, -0.2) is 128 Å². The molecule has 0 aliphatic carbocycles. The summed E-state index contributed by atoms with van der Waals surface area (Å²) in [5.74, 6) is 0.692. The van der Waals surface area contributed by atoms with Crippen molar-refractivity contribution >= 4 is 0 Å². The quantitative estimate of drug-likeness (QED) is 0.0981. The van der Waals surface area contributed by atoms with Crippen molar-refractivity contribution < 1.29 is 52.8 Å². The topological polar surface area (TPSA) is 124 Å². The first kappa shape index (κ1) is 42.6. The van der Waals surface area contributed by atoms with E-state index in [-0.39, 0.29) is 6.61 Å². The van der Waals surface area contributed by atoms with E-state index in [0.29, 0.717) is 98.2 Å². The van der Waals surface area contributed by atoms with Crippen LogP contribution in [0.5, 0.6) is 5.75 Å². The average molecular weight is 661 g/mol. The molecule has 3 atom stereocenters. The van der Waals surface area contributed by atoms with Crippen LogP contribution in [-0.2, 0) is 37.9 Å². The Kier molecular flexibility index (Phi) is 29.8. The fourth-order valence-electron chi connectivity index (χ4n) is 4.22. The molecule has 270 valence electrons. The van der Waals surface area contributed by atoms with E-state index < -0.39 is 18.3 Å². The molecule has 0 spiro atoms. The Morgan fingerprint density at radius 2 is 0.891 bits per heavy atom. The van der Waals surface area contributed by atoms with E-state index in [2.05, 4.69) is 6.92 Å². The van der Waals surface area contributed by atoms with Gasteiger partial charge in [-0.25, -0.2) is 0 Å². The van der Waals surface area contributed by atoms with Crippen molar-refractivity contribution in [3.05, 3.63) is 29.8 Å². The standard InChI is InChI=1S/C35H64O11/c1-4-5-6-7-8-9-10-15-38-16-17-39-18-19-40-20-21-41-22-23-42-24-25-43-26-27-44-28-29-45-34-13-11-33(12-14-34)35(37)32(3)46-30-31(2)36/h11-14,31-32,35-37H,4-10,15-30H2,1-3H3. The molecule has 1 rings (SSSR count). The highest BCUT2D eigenvalue weighted by Gasteiger charge is 2.17. The van der Waals surface area contributed by atoms with Crippen LogP contribution in [0.2, 0.25) is 0 Å². The van der Waals surface area contributed by atoms with E-state index in [1.807, 2.05) is 0 Å². The first-order valence-electron chi connectivity index (χ1n) is 17.3. The molecule has 46 heavy (non-hydrogen) atoms. The molecule has 0 heterocycles. The first-order valence-corrected chi connectivity index (χ1v) is 17.3. The van der Waals surface area contributed by atoms with Crippen LogP contribution >= 0.6 is 0 Å². The van der Waals surface area contributed by atoms with Crippen LogP contribution < -0.4 is 4.74 Å². The molecule has 0 aromatic heterocycles. The van der Waals surface area contributed by atoms with Gasteiger partial charge in [-0.3, -0.25) is 0 Å². The molecule has 0 aliphatic rings. The number of hydrogen-bond acceptors (Lipinski definition) is 11. The molecule has 0 saturated heterocycles. The Labute approximate surface area is 278 Å². The summed E-state index contributed by atoms with van der Waals surface area (Å²) in [5.41, 5.74) is 0.725. The number of aliphatic hydroxyl groups is 2. The molecule has 2 N–H and O–H groups in total. The van der Waals surface area contributed by atoms with Crippen LogP contribution in [0.15, 0.2) is 24.3 Å². The summed E-state index contributed by atoms with van der Waals surface area (Å²) in [7, 11) is 0. The molecule has 0 radical (unpaired) electrons. The summed E-state index contributed by atoms with van der Waals surface area (Å²) in [6, 6.07) is 7.20. The van der Waals surface area contributed by atoms with E-state index in [9.17, 15) is 10.2 Å². The zero-order chi connectivity index (χ0) is 33.3. The Morgan fingerprint density at radius 3 is 1.33 bits per heavy atom. The van der Waals surface area contributed by atoms with Gasteiger partial charge in [0.1, 0.15) is 18.5 Å². The van der Waals surface area contributed by atoms with Gasteiger partial charge in [0.15, 0.2) is 0 Å². The number of hydrogen-bond donors (Lipinski definition) is 2. The summed E-state index contributed by atoms with van der Waals surface area (Å²) >= 11 is 0. The molecule has 0 fully saturated rings. The Morgan fingerprint density at radius 1 is 0.500 bits per heavy atom. The Balaban J connectivity index is 1.77. The minimum absolute atomic E-state index is 0.179. The fourth-order valence-corrected chi connectivity index (χ4v) is 4.22. The summed E-state index contributed by atoms with van der Waals surface area (Å²) in [6.07, 6.45) is 7.30. The maximum atomic E-state index is 10.4. The van der Waals surface area contributed by atoms with Crippen LogP contribution in [0.3, 0.4) is 0 Å². The van der Waals surface area contributed by atoms with E-state index in [0.717, 1.165) is 18.6 Å². The summed E-state index contributed by atoms with van der Waals surface area (Å²) in [6.45, 7) is 13.9. The molecule has 0 amide bonds. The predicted octanol–water partition coefficient (Wildman–Crippen LogP) is 4.75. The van der Waals surface area contributed by atoms with Crippen LogP contribution in [0.4, 0.5) is 0 Å². The van der Waals surface area contributed by atoms with Crippen molar-refractivity contribution in [1.29, 1.82) is 0 Å². The minimum Gasteiger partial charge on any atom is -0.491 e. The van der Waals surface area contributed by atoms with E-state index in [4.69, 9.17) is 42.6 Å². The molecule has 0 aliphatic heterocycles. The SMILES string of the molecule is CCCCCCCCCOCCOCCOCCOCCOCCOCCOCCOc1ccc(C(O)C(C)OCC(C)O)cc1. The molecular formula is C35H64O11. The van der Waals surface area contributed by atoms with E-state index in [1.54, 1.807) is 38.1 Å². The number of aliphatic hydroxyl groups excluding tert-OH is 2. The molecule has 0 bridgehead atoms.